The molecule has 0 aromatic carbocycles. The first-order chi connectivity index (χ1) is 19.4. The summed E-state index contributed by atoms with van der Waals surface area (Å²) >= 11 is 0. The molecule has 0 N–H and O–H groups in total. The molecule has 0 aliphatic heterocycles. The molecule has 0 amide bonds. The Bertz CT molecular complexity index is 949. The van der Waals surface area contributed by atoms with Crippen LogP contribution in [0.5, 0.6) is 0 Å². The van der Waals surface area contributed by atoms with Gasteiger partial charge in [-0.3, -0.25) is 0 Å². The molecule has 17 atom stereocenters. The monoisotopic (exact) mass is 545 g/mol. The van der Waals surface area contributed by atoms with Gasteiger partial charge in [-0.15, -0.1) is 0 Å². The van der Waals surface area contributed by atoms with Crippen LogP contribution in [-0.4, -0.2) is 0 Å². The van der Waals surface area contributed by atoms with E-state index in [1.807, 2.05) is 0 Å². The van der Waals surface area contributed by atoms with E-state index < -0.39 is 0 Å². The lowest BCUT2D eigenvalue weighted by atomic mass is 9.44. The van der Waals surface area contributed by atoms with Crippen LogP contribution >= 0.6 is 0 Å². The van der Waals surface area contributed by atoms with Crippen LogP contribution in [0.4, 0.5) is 0 Å². The van der Waals surface area contributed by atoms with Crippen molar-refractivity contribution in [3.8, 4) is 0 Å². The van der Waals surface area contributed by atoms with Gasteiger partial charge in [-0.1, -0.05) is 59.8 Å². The highest BCUT2D eigenvalue weighted by atomic mass is 14.8. The number of hydrogen-bond acceptors (Lipinski definition) is 0. The Morgan fingerprint density at radius 3 is 1.82 bits per heavy atom. The molecule has 0 aromatic heterocycles. The molecule has 17 unspecified atom stereocenters. The zero-order chi connectivity index (χ0) is 26.9. The second kappa shape index (κ2) is 9.50. The van der Waals surface area contributed by atoms with Crippen molar-refractivity contribution in [2.45, 2.75) is 137 Å². The van der Waals surface area contributed by atoms with Gasteiger partial charge in [0.15, 0.2) is 0 Å². The second-order valence-electron chi connectivity index (χ2n) is 19.3. The highest BCUT2D eigenvalue weighted by Gasteiger charge is 2.76. The van der Waals surface area contributed by atoms with Crippen molar-refractivity contribution in [2.24, 2.45) is 112 Å². The minimum absolute atomic E-state index is 0.794. The summed E-state index contributed by atoms with van der Waals surface area (Å²) in [5.41, 5.74) is 0.794. The van der Waals surface area contributed by atoms with Crippen molar-refractivity contribution >= 4 is 0 Å². The van der Waals surface area contributed by atoms with E-state index in [2.05, 4.69) is 27.7 Å². The van der Waals surface area contributed by atoms with Gasteiger partial charge in [0.2, 0.25) is 0 Å². The summed E-state index contributed by atoms with van der Waals surface area (Å²) in [6.45, 7) is 10.7. The van der Waals surface area contributed by atoms with Crippen LogP contribution in [0.2, 0.25) is 0 Å². The van der Waals surface area contributed by atoms with E-state index in [0.29, 0.717) is 0 Å². The largest absolute Gasteiger partial charge is 0.0625 e. The smallest absolute Gasteiger partial charge is 0.0194 e. The number of rotatable bonds is 2. The van der Waals surface area contributed by atoms with E-state index in [-0.39, 0.29) is 0 Å². The van der Waals surface area contributed by atoms with E-state index in [9.17, 15) is 0 Å². The van der Waals surface area contributed by atoms with Crippen LogP contribution in [0.25, 0.3) is 0 Å². The van der Waals surface area contributed by atoms with Crippen molar-refractivity contribution in [3.05, 3.63) is 0 Å². The van der Waals surface area contributed by atoms with Gasteiger partial charge in [0.25, 0.3) is 0 Å². The minimum atomic E-state index is 0.794. The number of hydrogen-bond donors (Lipinski definition) is 0. The molecule has 0 saturated heterocycles. The summed E-state index contributed by atoms with van der Waals surface area (Å²) < 4.78 is 0. The van der Waals surface area contributed by atoms with Crippen molar-refractivity contribution in [1.29, 1.82) is 0 Å². The summed E-state index contributed by atoms with van der Waals surface area (Å²) in [5.74, 6) is 19.8. The molecule has 9 aliphatic carbocycles. The Kier molecular flexibility index (Phi) is 6.27. The zero-order valence-corrected chi connectivity index (χ0v) is 26.9. The summed E-state index contributed by atoms with van der Waals surface area (Å²) in [7, 11) is 0. The fourth-order valence-corrected chi connectivity index (χ4v) is 17.5. The molecule has 40 heavy (non-hydrogen) atoms. The Morgan fingerprint density at radius 2 is 1.02 bits per heavy atom. The van der Waals surface area contributed by atoms with Crippen molar-refractivity contribution in [1.82, 2.24) is 0 Å². The second-order valence-corrected chi connectivity index (χ2v) is 19.3. The first-order valence-corrected chi connectivity index (χ1v) is 19.4. The van der Waals surface area contributed by atoms with E-state index >= 15 is 0 Å². The molecule has 0 heterocycles. The highest BCUT2D eigenvalue weighted by Crippen LogP contribution is 2.82. The van der Waals surface area contributed by atoms with Gasteiger partial charge in [-0.05, 0) is 189 Å². The van der Waals surface area contributed by atoms with Crippen LogP contribution in [0.3, 0.4) is 0 Å². The zero-order valence-electron chi connectivity index (χ0n) is 26.9. The van der Waals surface area contributed by atoms with Gasteiger partial charge in [0, 0.05) is 0 Å². The molecule has 1 spiro atoms. The quantitative estimate of drug-likeness (QED) is 0.324. The molecule has 9 fully saturated rings. The molecule has 224 valence electrons. The Labute approximate surface area is 248 Å². The summed E-state index contributed by atoms with van der Waals surface area (Å²) in [6, 6.07) is 0. The SMILES string of the molecule is CC1CC(C)CC(C2CC3CC4CCC5CC(C)CC6CC7(C3C(C2)C2CC(C3CCCCC3)C(C)C27)C4C56)C1. The predicted molar refractivity (Wildman–Crippen MR) is 166 cm³/mol. The third-order valence-corrected chi connectivity index (χ3v) is 17.5. The third-order valence-electron chi connectivity index (χ3n) is 17.5. The van der Waals surface area contributed by atoms with E-state index in [4.69, 9.17) is 0 Å². The fraction of sp³-hybridized carbons (Fsp3) is 1.00. The molecular weight excluding hydrogens is 480 g/mol. The van der Waals surface area contributed by atoms with Crippen LogP contribution < -0.4 is 0 Å². The molecule has 0 nitrogen and oxygen atoms in total. The Morgan fingerprint density at radius 1 is 0.400 bits per heavy atom. The Balaban J connectivity index is 1.12. The maximum Gasteiger partial charge on any atom is -0.0194 e. The average Bonchev–Trinajstić information content (AvgIpc) is 3.55. The van der Waals surface area contributed by atoms with Gasteiger partial charge < -0.3 is 0 Å². The highest BCUT2D eigenvalue weighted by molar-refractivity contribution is 5.24. The summed E-state index contributed by atoms with van der Waals surface area (Å²) in [5, 5.41) is 0. The van der Waals surface area contributed by atoms with E-state index in [0.717, 1.165) is 106 Å². The summed E-state index contributed by atoms with van der Waals surface area (Å²) in [4.78, 5) is 0. The van der Waals surface area contributed by atoms with Gasteiger partial charge >= 0.3 is 0 Å². The van der Waals surface area contributed by atoms with Crippen LogP contribution in [0.1, 0.15) is 137 Å². The van der Waals surface area contributed by atoms with E-state index in [1.54, 1.807) is 96.3 Å². The van der Waals surface area contributed by atoms with Crippen LogP contribution in [0, 0.1) is 112 Å². The van der Waals surface area contributed by atoms with Crippen LogP contribution in [-0.2, 0) is 0 Å². The molecule has 0 radical (unpaired) electrons. The molecule has 0 bridgehead atoms. The van der Waals surface area contributed by atoms with Gasteiger partial charge in [-0.2, -0.15) is 0 Å². The normalized spacial score (nSPS) is 62.5. The lowest BCUT2D eigenvalue weighted by molar-refractivity contribution is -0.129. The molecule has 9 aliphatic rings. The maximum atomic E-state index is 2.88. The summed E-state index contributed by atoms with van der Waals surface area (Å²) in [6.07, 6.45) is 27.4. The molecule has 0 aromatic rings. The lowest BCUT2D eigenvalue weighted by Gasteiger charge is -2.61. The van der Waals surface area contributed by atoms with Crippen molar-refractivity contribution < 1.29 is 0 Å². The standard InChI is InChI=1S/C40H64/c1-22-12-23(2)15-29(14-22)30-18-31-17-28-11-10-27-13-24(3)16-32-21-40(39(28)36(27)32)37-25(4)33(26-8-6-5-7-9-26)20-35(37)34(19-30)38(31)40/h22-39H,5-21H2,1-4H3. The lowest BCUT2D eigenvalue weighted by Crippen LogP contribution is -2.55. The first kappa shape index (κ1) is 26.4. The van der Waals surface area contributed by atoms with Crippen molar-refractivity contribution in [3.63, 3.8) is 0 Å². The fourth-order valence-electron chi connectivity index (χ4n) is 17.5. The van der Waals surface area contributed by atoms with Gasteiger partial charge in [-0.25, -0.2) is 0 Å². The Hall–Kier alpha value is 0. The minimum Gasteiger partial charge on any atom is -0.0625 e. The van der Waals surface area contributed by atoms with Gasteiger partial charge in [0.1, 0.15) is 0 Å². The molecule has 9 saturated carbocycles. The molecular formula is C40H64. The van der Waals surface area contributed by atoms with Crippen molar-refractivity contribution in [2.75, 3.05) is 0 Å². The van der Waals surface area contributed by atoms with Crippen LogP contribution in [0.15, 0.2) is 0 Å². The molecule has 9 rings (SSSR count). The van der Waals surface area contributed by atoms with E-state index in [1.165, 1.54) is 18.8 Å². The average molecular weight is 545 g/mol. The first-order valence-electron chi connectivity index (χ1n) is 19.4. The molecule has 0 heteroatoms. The third kappa shape index (κ3) is 3.61. The number of fused-ring (bicyclic) bond motifs is 2. The maximum absolute atomic E-state index is 2.88. The predicted octanol–water partition coefficient (Wildman–Crippen LogP) is 10.9. The van der Waals surface area contributed by atoms with Gasteiger partial charge in [0.05, 0.1) is 0 Å². The topological polar surface area (TPSA) is 0 Å².